The largest absolute Gasteiger partial charge is 0.514 e. The lowest BCUT2D eigenvalue weighted by Gasteiger charge is -2.32. The second kappa shape index (κ2) is 5.72. The number of aromatic nitrogens is 1. The molecule has 1 aromatic rings. The second-order valence-corrected chi connectivity index (χ2v) is 5.85. The average Bonchev–Trinajstić information content (AvgIpc) is 2.60. The minimum absolute atomic E-state index is 0.354. The van der Waals surface area contributed by atoms with Crippen LogP contribution in [0.2, 0.25) is 0 Å². The first-order valence-electron chi connectivity index (χ1n) is 6.79. The third-order valence-corrected chi connectivity index (χ3v) is 3.81. The van der Waals surface area contributed by atoms with Gasteiger partial charge in [-0.3, -0.25) is 4.98 Å². The molecule has 0 spiro atoms. The maximum absolute atomic E-state index is 5.94. The molecule has 0 aromatic carbocycles. The Morgan fingerprint density at radius 3 is 2.25 bits per heavy atom. The maximum Gasteiger partial charge on any atom is 0.514 e. The fourth-order valence-electron chi connectivity index (χ4n) is 1.82. The predicted molar refractivity (Wildman–Crippen MR) is 77.3 cm³/mol. The molecule has 6 heteroatoms. The predicted octanol–water partition coefficient (Wildman–Crippen LogP) is 1.41. The summed E-state index contributed by atoms with van der Waals surface area (Å²) < 4.78 is 22.3. The molecule has 0 N–H and O–H groups in total. The third-order valence-electron chi connectivity index (χ3n) is 3.81. The fraction of sp³-hybridized carbons (Fsp3) is 0.643. The van der Waals surface area contributed by atoms with E-state index in [0.29, 0.717) is 19.0 Å². The van der Waals surface area contributed by atoms with Gasteiger partial charge in [-0.05, 0) is 39.8 Å². The average molecular weight is 279 g/mol. The molecule has 0 atom stereocenters. The van der Waals surface area contributed by atoms with E-state index in [0.717, 1.165) is 5.59 Å². The number of methoxy groups -OCH3 is 1. The summed E-state index contributed by atoms with van der Waals surface area (Å²) in [7, 11) is 1.20. The Kier molecular flexibility index (Phi) is 4.37. The van der Waals surface area contributed by atoms with Gasteiger partial charge >= 0.3 is 7.12 Å². The Hall–Kier alpha value is -1.11. The summed E-state index contributed by atoms with van der Waals surface area (Å²) in [6.07, 6.45) is 1.68. The van der Waals surface area contributed by atoms with Gasteiger partial charge in [-0.1, -0.05) is 0 Å². The SMILES string of the molecule is COCCOc1ccc(B2OC(C)(C)C(C)(C)O2)nc1. The first-order valence-corrected chi connectivity index (χ1v) is 6.79. The van der Waals surface area contributed by atoms with Gasteiger partial charge in [0.15, 0.2) is 0 Å². The van der Waals surface area contributed by atoms with Gasteiger partial charge in [0.1, 0.15) is 12.4 Å². The van der Waals surface area contributed by atoms with Crippen LogP contribution in [0.5, 0.6) is 5.75 Å². The van der Waals surface area contributed by atoms with Crippen molar-refractivity contribution in [1.29, 1.82) is 0 Å². The zero-order chi connectivity index (χ0) is 14.8. The highest BCUT2D eigenvalue weighted by atomic mass is 16.7. The molecule has 1 fully saturated rings. The maximum atomic E-state index is 5.94. The molecule has 1 aromatic heterocycles. The van der Waals surface area contributed by atoms with Gasteiger partial charge in [0.2, 0.25) is 0 Å². The third kappa shape index (κ3) is 3.14. The summed E-state index contributed by atoms with van der Waals surface area (Å²) in [4.78, 5) is 4.35. The van der Waals surface area contributed by atoms with Crippen LogP contribution in [0.1, 0.15) is 27.7 Å². The van der Waals surface area contributed by atoms with Crippen LogP contribution < -0.4 is 10.3 Å². The summed E-state index contributed by atoms with van der Waals surface area (Å²) >= 11 is 0. The normalized spacial score (nSPS) is 20.1. The van der Waals surface area contributed by atoms with E-state index in [2.05, 4.69) is 4.98 Å². The second-order valence-electron chi connectivity index (χ2n) is 5.85. The van der Waals surface area contributed by atoms with Crippen LogP contribution in [0, 0.1) is 0 Å². The molecule has 1 saturated heterocycles. The molecule has 2 heterocycles. The lowest BCUT2D eigenvalue weighted by atomic mass is 9.84. The first-order chi connectivity index (χ1) is 9.36. The van der Waals surface area contributed by atoms with E-state index >= 15 is 0 Å². The number of hydrogen-bond acceptors (Lipinski definition) is 5. The summed E-state index contributed by atoms with van der Waals surface area (Å²) in [5.74, 6) is 0.710. The van der Waals surface area contributed by atoms with Crippen LogP contribution in [0.25, 0.3) is 0 Å². The monoisotopic (exact) mass is 279 g/mol. The number of nitrogens with zero attached hydrogens (tertiary/aromatic N) is 1. The van der Waals surface area contributed by atoms with Crippen LogP contribution in [-0.4, -0.2) is 43.6 Å². The summed E-state index contributed by atoms with van der Waals surface area (Å²) in [5.41, 5.74) is 0.0442. The van der Waals surface area contributed by atoms with E-state index < -0.39 is 7.12 Å². The zero-order valence-electron chi connectivity index (χ0n) is 12.8. The Morgan fingerprint density at radius 1 is 1.10 bits per heavy atom. The van der Waals surface area contributed by atoms with Gasteiger partial charge in [-0.25, -0.2) is 0 Å². The molecular weight excluding hydrogens is 257 g/mol. The van der Waals surface area contributed by atoms with Crippen LogP contribution in [0.15, 0.2) is 18.3 Å². The highest BCUT2D eigenvalue weighted by molar-refractivity contribution is 6.61. The molecule has 1 aliphatic heterocycles. The standard InChI is InChI=1S/C14H22BNO4/c1-13(2)14(3,4)20-15(19-13)12-7-6-11(10-16-12)18-9-8-17-5/h6-7,10H,8-9H2,1-5H3. The first kappa shape index (κ1) is 15.3. The molecule has 5 nitrogen and oxygen atoms in total. The van der Waals surface area contributed by atoms with Crippen molar-refractivity contribution in [2.24, 2.45) is 0 Å². The van der Waals surface area contributed by atoms with E-state index in [4.69, 9.17) is 18.8 Å². The van der Waals surface area contributed by atoms with E-state index in [1.165, 1.54) is 0 Å². The lowest BCUT2D eigenvalue weighted by molar-refractivity contribution is 0.00578. The molecule has 0 radical (unpaired) electrons. The highest BCUT2D eigenvalue weighted by Gasteiger charge is 2.52. The molecule has 0 aliphatic carbocycles. The summed E-state index contributed by atoms with van der Waals surface area (Å²) in [5, 5.41) is 0. The van der Waals surface area contributed by atoms with Crippen molar-refractivity contribution in [3.63, 3.8) is 0 Å². The Labute approximate surface area is 120 Å². The van der Waals surface area contributed by atoms with Gasteiger partial charge in [0, 0.05) is 7.11 Å². The minimum atomic E-state index is -0.437. The van der Waals surface area contributed by atoms with Crippen molar-refractivity contribution >= 4 is 12.7 Å². The van der Waals surface area contributed by atoms with E-state index in [1.807, 2.05) is 39.8 Å². The minimum Gasteiger partial charge on any atom is -0.490 e. The zero-order valence-corrected chi connectivity index (χ0v) is 12.8. The number of pyridine rings is 1. The molecule has 0 bridgehead atoms. The van der Waals surface area contributed by atoms with Gasteiger partial charge in [-0.2, -0.15) is 0 Å². The van der Waals surface area contributed by atoms with Crippen molar-refractivity contribution in [3.05, 3.63) is 18.3 Å². The van der Waals surface area contributed by atoms with Crippen molar-refractivity contribution in [2.75, 3.05) is 20.3 Å². The number of ether oxygens (including phenoxy) is 2. The van der Waals surface area contributed by atoms with Crippen molar-refractivity contribution in [3.8, 4) is 5.75 Å². The smallest absolute Gasteiger partial charge is 0.490 e. The van der Waals surface area contributed by atoms with Gasteiger partial charge in [0.05, 0.1) is 29.6 Å². The molecule has 0 unspecified atom stereocenters. The van der Waals surface area contributed by atoms with Crippen LogP contribution in [0.3, 0.4) is 0 Å². The summed E-state index contributed by atoms with van der Waals surface area (Å²) in [6, 6.07) is 3.73. The van der Waals surface area contributed by atoms with Gasteiger partial charge < -0.3 is 18.8 Å². The van der Waals surface area contributed by atoms with E-state index in [9.17, 15) is 0 Å². The molecule has 2 rings (SSSR count). The Bertz CT molecular complexity index is 431. The quantitative estimate of drug-likeness (QED) is 0.602. The van der Waals surface area contributed by atoms with E-state index in [1.54, 1.807) is 13.3 Å². The fourth-order valence-corrected chi connectivity index (χ4v) is 1.82. The Morgan fingerprint density at radius 2 is 1.75 bits per heavy atom. The number of hydrogen-bond donors (Lipinski definition) is 0. The van der Waals surface area contributed by atoms with Crippen molar-refractivity contribution in [2.45, 2.75) is 38.9 Å². The van der Waals surface area contributed by atoms with Crippen LogP contribution in [-0.2, 0) is 14.0 Å². The molecule has 0 saturated carbocycles. The van der Waals surface area contributed by atoms with Gasteiger partial charge in [-0.15, -0.1) is 0 Å². The summed E-state index contributed by atoms with van der Waals surface area (Å²) in [6.45, 7) is 9.15. The molecule has 1 aliphatic rings. The van der Waals surface area contributed by atoms with Crippen LogP contribution in [0.4, 0.5) is 0 Å². The molecule has 0 amide bonds. The topological polar surface area (TPSA) is 49.8 Å². The number of rotatable bonds is 5. The molecule has 20 heavy (non-hydrogen) atoms. The van der Waals surface area contributed by atoms with Crippen LogP contribution >= 0.6 is 0 Å². The van der Waals surface area contributed by atoms with E-state index in [-0.39, 0.29) is 11.2 Å². The molecule has 110 valence electrons. The van der Waals surface area contributed by atoms with Crippen molar-refractivity contribution in [1.82, 2.24) is 4.98 Å². The van der Waals surface area contributed by atoms with Gasteiger partial charge in [0.25, 0.3) is 0 Å². The van der Waals surface area contributed by atoms with Crippen molar-refractivity contribution < 1.29 is 18.8 Å². The lowest BCUT2D eigenvalue weighted by Crippen LogP contribution is -2.41. The highest BCUT2D eigenvalue weighted by Crippen LogP contribution is 2.36. The molecular formula is C14H22BNO4. The Balaban J connectivity index is 2.01.